The van der Waals surface area contributed by atoms with Gasteiger partial charge in [-0.3, -0.25) is 0 Å². The zero-order valence-corrected chi connectivity index (χ0v) is 26.4. The first kappa shape index (κ1) is 28.6. The lowest BCUT2D eigenvalue weighted by molar-refractivity contribution is 0.410. The van der Waals surface area contributed by atoms with E-state index >= 15 is 9.13 Å². The maximum atomic E-state index is 15.8. The van der Waals surface area contributed by atoms with Gasteiger partial charge in [0.25, 0.3) is 0 Å². The van der Waals surface area contributed by atoms with Crippen LogP contribution in [0.1, 0.15) is 103 Å². The van der Waals surface area contributed by atoms with Gasteiger partial charge in [0.15, 0.2) is 0 Å². The van der Waals surface area contributed by atoms with Crippen molar-refractivity contribution in [1.82, 2.24) is 0 Å². The van der Waals surface area contributed by atoms with Crippen molar-refractivity contribution in [1.29, 1.82) is 0 Å². The number of ether oxygens (including phenoxy) is 2. The molecule has 4 saturated carbocycles. The summed E-state index contributed by atoms with van der Waals surface area (Å²) in [4.78, 5) is 0. The smallest absolute Gasteiger partial charge is 0.127 e. The monoisotopic (exact) mass is 582 g/mol. The Morgan fingerprint density at radius 3 is 1.02 bits per heavy atom. The van der Waals surface area contributed by atoms with Crippen LogP contribution in [0.15, 0.2) is 36.4 Å². The highest BCUT2D eigenvalue weighted by Gasteiger charge is 2.49. The van der Waals surface area contributed by atoms with Crippen molar-refractivity contribution in [3.8, 4) is 22.6 Å². The molecule has 0 spiro atoms. The van der Waals surface area contributed by atoms with Gasteiger partial charge in [0.2, 0.25) is 0 Å². The third-order valence-corrected chi connectivity index (χ3v) is 19.6. The normalized spacial score (nSPS) is 21.9. The molecule has 6 rings (SSSR count). The molecule has 6 heteroatoms. The fourth-order valence-electron chi connectivity index (χ4n) is 9.00. The topological polar surface area (TPSA) is 52.6 Å². The molecule has 0 aromatic heterocycles. The predicted molar refractivity (Wildman–Crippen MR) is 168 cm³/mol. The van der Waals surface area contributed by atoms with E-state index in [0.717, 1.165) is 84.6 Å². The molecule has 0 N–H and O–H groups in total. The number of benzene rings is 2. The van der Waals surface area contributed by atoms with Gasteiger partial charge in [-0.25, -0.2) is 0 Å². The van der Waals surface area contributed by atoms with Gasteiger partial charge < -0.3 is 18.6 Å². The summed E-state index contributed by atoms with van der Waals surface area (Å²) in [6.45, 7) is 0. The van der Waals surface area contributed by atoms with Crippen LogP contribution in [0.3, 0.4) is 0 Å². The van der Waals surface area contributed by atoms with Crippen LogP contribution in [0.2, 0.25) is 0 Å². The van der Waals surface area contributed by atoms with Gasteiger partial charge in [-0.15, -0.1) is 0 Å². The number of methoxy groups -OCH3 is 2. The molecule has 4 nitrogen and oxygen atoms in total. The third-order valence-electron chi connectivity index (χ3n) is 10.9. The molecule has 0 saturated heterocycles. The van der Waals surface area contributed by atoms with Crippen LogP contribution >= 0.6 is 14.3 Å². The van der Waals surface area contributed by atoms with Crippen molar-refractivity contribution in [3.63, 3.8) is 0 Å². The Kier molecular flexibility index (Phi) is 8.59. The van der Waals surface area contributed by atoms with Crippen LogP contribution in [-0.2, 0) is 9.13 Å². The van der Waals surface area contributed by atoms with Gasteiger partial charge in [0.1, 0.15) is 25.8 Å². The highest BCUT2D eigenvalue weighted by atomic mass is 31.2. The maximum absolute atomic E-state index is 15.8. The van der Waals surface area contributed by atoms with E-state index in [1.807, 2.05) is 24.3 Å². The van der Waals surface area contributed by atoms with Crippen molar-refractivity contribution in [3.05, 3.63) is 36.4 Å². The minimum Gasteiger partial charge on any atom is -0.496 e. The Hall–Kier alpha value is -1.50. The molecule has 40 heavy (non-hydrogen) atoms. The summed E-state index contributed by atoms with van der Waals surface area (Å²) in [5, 5.41) is 1.95. The first-order valence-corrected chi connectivity index (χ1v) is 19.8. The summed E-state index contributed by atoms with van der Waals surface area (Å²) in [6, 6.07) is 12.4. The molecular formula is C34H48O4P2. The van der Waals surface area contributed by atoms with Gasteiger partial charge in [0, 0.05) is 44.4 Å². The van der Waals surface area contributed by atoms with Gasteiger partial charge in [-0.05, 0) is 63.5 Å². The fraction of sp³-hybridized carbons (Fsp3) is 0.647. The summed E-state index contributed by atoms with van der Waals surface area (Å²) in [5.41, 5.74) is 2.76. The molecule has 0 unspecified atom stereocenters. The number of hydrogen-bond donors (Lipinski definition) is 0. The average Bonchev–Trinajstić information content (AvgIpc) is 3.82. The van der Waals surface area contributed by atoms with Gasteiger partial charge in [-0.1, -0.05) is 75.6 Å². The average molecular weight is 583 g/mol. The van der Waals surface area contributed by atoms with Crippen molar-refractivity contribution in [2.75, 3.05) is 14.2 Å². The standard InChI is InChI=1S/C34H48O4P2/c1-37-29-21-11-23-31(39(35,25-13-3-4-14-25)26-15-5-6-16-26)33(29)34-30(38-2)22-12-24-32(34)40(36,27-17-7-8-18-27)28-19-9-10-20-28/h11-12,21-28H,3-10,13-20H2,1-2H3. The zero-order chi connectivity index (χ0) is 27.7. The summed E-state index contributed by atoms with van der Waals surface area (Å²) in [7, 11) is -2.13. The highest BCUT2D eigenvalue weighted by Crippen LogP contribution is 2.67. The van der Waals surface area contributed by atoms with E-state index in [1.165, 1.54) is 51.4 Å². The lowest BCUT2D eigenvalue weighted by Crippen LogP contribution is -2.29. The van der Waals surface area contributed by atoms with Crippen LogP contribution in [-0.4, -0.2) is 36.9 Å². The van der Waals surface area contributed by atoms with E-state index in [4.69, 9.17) is 9.47 Å². The third kappa shape index (κ3) is 4.74. The van der Waals surface area contributed by atoms with Crippen molar-refractivity contribution in [2.24, 2.45) is 0 Å². The molecule has 0 atom stereocenters. The Morgan fingerprint density at radius 2 is 0.775 bits per heavy atom. The Balaban J connectivity index is 1.64. The molecule has 0 radical (unpaired) electrons. The van der Waals surface area contributed by atoms with Gasteiger partial charge in [-0.2, -0.15) is 0 Å². The molecule has 0 bridgehead atoms. The quantitative estimate of drug-likeness (QED) is 0.277. The van der Waals surface area contributed by atoms with Crippen molar-refractivity contribution >= 4 is 24.9 Å². The van der Waals surface area contributed by atoms with Crippen LogP contribution in [0.25, 0.3) is 11.1 Å². The maximum Gasteiger partial charge on any atom is 0.127 e. The Bertz CT molecular complexity index is 1140. The van der Waals surface area contributed by atoms with Crippen molar-refractivity contribution < 1.29 is 18.6 Å². The second kappa shape index (κ2) is 12.0. The molecule has 2 aromatic rings. The van der Waals surface area contributed by atoms with E-state index in [1.54, 1.807) is 14.2 Å². The molecule has 0 aliphatic heterocycles. The lowest BCUT2D eigenvalue weighted by Gasteiger charge is -2.35. The second-order valence-electron chi connectivity index (χ2n) is 12.9. The van der Waals surface area contributed by atoms with E-state index in [-0.39, 0.29) is 22.6 Å². The molecule has 4 aliphatic carbocycles. The van der Waals surface area contributed by atoms with E-state index in [9.17, 15) is 0 Å². The molecule has 0 amide bonds. The Labute approximate surface area is 241 Å². The molecular weight excluding hydrogens is 534 g/mol. The van der Waals surface area contributed by atoms with Crippen LogP contribution in [0.4, 0.5) is 0 Å². The number of hydrogen-bond acceptors (Lipinski definition) is 4. The van der Waals surface area contributed by atoms with E-state index in [2.05, 4.69) is 12.1 Å². The highest BCUT2D eigenvalue weighted by molar-refractivity contribution is 7.74. The summed E-state index contributed by atoms with van der Waals surface area (Å²) in [6.07, 6.45) is 17.7. The molecule has 2 aromatic carbocycles. The molecule has 4 aliphatic rings. The predicted octanol–water partition coefficient (Wildman–Crippen LogP) is 9.12. The van der Waals surface area contributed by atoms with Crippen LogP contribution in [0.5, 0.6) is 11.5 Å². The van der Waals surface area contributed by atoms with E-state index in [0.29, 0.717) is 0 Å². The zero-order valence-electron chi connectivity index (χ0n) is 24.6. The Morgan fingerprint density at radius 1 is 0.500 bits per heavy atom. The van der Waals surface area contributed by atoms with Crippen LogP contribution < -0.4 is 20.1 Å². The van der Waals surface area contributed by atoms with Crippen molar-refractivity contribution in [2.45, 2.75) is 125 Å². The lowest BCUT2D eigenvalue weighted by atomic mass is 10.0. The minimum absolute atomic E-state index is 0.232. The van der Waals surface area contributed by atoms with E-state index < -0.39 is 14.3 Å². The summed E-state index contributed by atoms with van der Waals surface area (Å²) < 4.78 is 43.8. The molecule has 4 fully saturated rings. The first-order valence-electron chi connectivity index (χ1n) is 16.1. The minimum atomic E-state index is -2.79. The largest absolute Gasteiger partial charge is 0.496 e. The summed E-state index contributed by atoms with van der Waals surface area (Å²) in [5.74, 6) is 1.48. The fourth-order valence-corrected chi connectivity index (χ4v) is 18.1. The second-order valence-corrected chi connectivity index (χ2v) is 19.6. The summed E-state index contributed by atoms with van der Waals surface area (Å²) >= 11 is 0. The molecule has 0 heterocycles. The SMILES string of the molecule is COc1cccc(P(=O)(C2CCCC2)C2CCCC2)c1-c1c(OC)cccc1P(=O)(C1CCCC1)C1CCCC1. The van der Waals surface area contributed by atoms with Gasteiger partial charge in [0.05, 0.1) is 14.2 Å². The number of rotatable bonds is 9. The van der Waals surface area contributed by atoms with Crippen LogP contribution in [0, 0.1) is 0 Å². The van der Waals surface area contributed by atoms with Gasteiger partial charge >= 0.3 is 0 Å². The first-order chi connectivity index (χ1) is 19.5. The molecule has 218 valence electrons.